The minimum absolute atomic E-state index is 0.0280. The van der Waals surface area contributed by atoms with E-state index >= 15 is 22.4 Å². The largest absolute Gasteiger partial charge is 0.333 e. The lowest BCUT2D eigenvalue weighted by molar-refractivity contribution is -0.975. The van der Waals surface area contributed by atoms with Crippen molar-refractivity contribution in [3.05, 3.63) is 0 Å². The molecule has 0 bridgehead atoms. The number of quaternary nitrogens is 1. The minimum Gasteiger partial charge on any atom is -0.210 e. The van der Waals surface area contributed by atoms with Gasteiger partial charge in [0, 0.05) is 22.6 Å². The summed E-state index contributed by atoms with van der Waals surface area (Å²) >= 11 is 0. The Morgan fingerprint density at radius 1 is 0.353 bits per heavy atom. The molecule has 0 spiro atoms. The molecule has 0 aromatic carbocycles. The fourth-order valence-electron chi connectivity index (χ4n) is 7.81. The van der Waals surface area contributed by atoms with Crippen LogP contribution in [0.25, 0.3) is 0 Å². The number of halogens is 5. The summed E-state index contributed by atoms with van der Waals surface area (Å²) in [6, 6.07) is 0. The van der Waals surface area contributed by atoms with E-state index in [-0.39, 0.29) is 39.2 Å². The predicted molar refractivity (Wildman–Crippen MR) is 261 cm³/mol. The molecule has 0 rings (SSSR count). The van der Waals surface area contributed by atoms with Gasteiger partial charge in [-0.05, 0) is 36.2 Å². The van der Waals surface area contributed by atoms with Crippen LogP contribution >= 0.6 is 0 Å². The third-order valence-electron chi connectivity index (χ3n) is 12.1. The number of hydrogen-bond acceptors (Lipinski definition) is 10. The van der Waals surface area contributed by atoms with Crippen molar-refractivity contribution in [2.45, 2.75) is 239 Å². The molecule has 0 saturated carbocycles. The summed E-state index contributed by atoms with van der Waals surface area (Å²) in [6.07, 6.45) is 5.50. The van der Waals surface area contributed by atoms with E-state index in [0.29, 0.717) is 83.5 Å². The number of hydrogen-bond donors (Lipinski definition) is 0. The lowest BCUT2D eigenvalue weighted by Gasteiger charge is -2.47. The quantitative estimate of drug-likeness (QED) is 0.0246. The highest BCUT2D eigenvalue weighted by Crippen LogP contribution is 2.46. The van der Waals surface area contributed by atoms with Crippen LogP contribution in [0.3, 0.4) is 0 Å². The van der Waals surface area contributed by atoms with Gasteiger partial charge in [-0.3, -0.25) is 0 Å². The summed E-state index contributed by atoms with van der Waals surface area (Å²) in [5, 5.41) is 0. The molecule has 2 atom stereocenters. The zero-order chi connectivity index (χ0) is 52.1. The molecule has 0 fully saturated rings. The fraction of sp³-hybridized carbons (Fsp3) is 1.00. The van der Waals surface area contributed by atoms with E-state index in [9.17, 15) is 42.1 Å². The molecule has 0 saturated heterocycles. The van der Waals surface area contributed by atoms with Gasteiger partial charge in [0.1, 0.15) is 12.8 Å². The average Bonchev–Trinajstić information content (AvgIpc) is 3.27. The van der Waals surface area contributed by atoms with E-state index in [1.807, 2.05) is 34.6 Å². The molecule has 25 heteroatoms. The molecule has 0 radical (unpaired) electrons. The van der Waals surface area contributed by atoms with E-state index in [4.69, 9.17) is 0 Å². The first kappa shape index (κ1) is 67.2. The first-order chi connectivity index (χ1) is 31.8. The molecule has 0 aromatic rings. The van der Waals surface area contributed by atoms with Crippen LogP contribution in [-0.4, -0.2) is 112 Å². The molecule has 0 aromatic heterocycles. The zero-order valence-electron chi connectivity index (χ0n) is 42.1. The number of unbranched alkanes of at least 4 members (excludes halogenated alkanes) is 25. The van der Waals surface area contributed by atoms with Crippen molar-refractivity contribution in [3.8, 4) is 0 Å². The van der Waals surface area contributed by atoms with Crippen LogP contribution in [0.1, 0.15) is 227 Å². The van der Waals surface area contributed by atoms with Crippen LogP contribution in [-0.2, 0) is 50.1 Å². The SMILES string of the molecule is CCCCCCCCS(=O)(=O)N(F)C(C(N(F)S(=O)(=O)CCCCCCCC)(N(F)S(=O)(=O)CCCCCCCC)N(F)S(=O)(=O)CCCCCCCC)[N+](C)(F)S(=O)(=O)CCCCCCCC. The van der Waals surface area contributed by atoms with Gasteiger partial charge in [-0.15, -0.1) is 17.9 Å². The van der Waals surface area contributed by atoms with Gasteiger partial charge in [0.05, 0.1) is 23.0 Å². The highest BCUT2D eigenvalue weighted by molar-refractivity contribution is 7.91. The Hall–Kier alpha value is -0.800. The lowest BCUT2D eigenvalue weighted by Crippen LogP contribution is -2.81. The smallest absolute Gasteiger partial charge is 0.210 e. The second-order valence-electron chi connectivity index (χ2n) is 18.2. The third-order valence-corrected chi connectivity index (χ3v) is 20.4. The summed E-state index contributed by atoms with van der Waals surface area (Å²) < 4.78 is 220. The number of rotatable bonds is 46. The molecular weight excluding hydrogens is 1000 g/mol. The van der Waals surface area contributed by atoms with Crippen molar-refractivity contribution < 1.29 is 68.6 Å². The lowest BCUT2D eigenvalue weighted by atomic mass is 10.1. The van der Waals surface area contributed by atoms with E-state index in [1.54, 1.807) is 0 Å². The maximum atomic E-state index is 18.1. The van der Waals surface area contributed by atoms with Gasteiger partial charge in [0.2, 0.25) is 40.1 Å². The molecule has 68 heavy (non-hydrogen) atoms. The Bertz CT molecular complexity index is 1800. The van der Waals surface area contributed by atoms with E-state index in [0.717, 1.165) is 44.9 Å². The van der Waals surface area contributed by atoms with E-state index < -0.39 is 145 Å². The van der Waals surface area contributed by atoms with E-state index in [1.165, 1.54) is 0 Å². The third kappa shape index (κ3) is 21.7. The molecule has 0 N–H and O–H groups in total. The van der Waals surface area contributed by atoms with Crippen LogP contribution in [0, 0.1) is 0 Å². The van der Waals surface area contributed by atoms with Crippen molar-refractivity contribution >= 4 is 50.1 Å². The summed E-state index contributed by atoms with van der Waals surface area (Å²) in [6.45, 7) is 9.47. The van der Waals surface area contributed by atoms with Crippen LogP contribution in [0.15, 0.2) is 0 Å². The van der Waals surface area contributed by atoms with Crippen molar-refractivity contribution in [1.29, 1.82) is 0 Å². The van der Waals surface area contributed by atoms with Crippen molar-refractivity contribution in [3.63, 3.8) is 0 Å². The maximum Gasteiger partial charge on any atom is 0.333 e. The van der Waals surface area contributed by atoms with Gasteiger partial charge in [-0.2, -0.15) is 8.42 Å². The van der Waals surface area contributed by atoms with Crippen LogP contribution in [0.2, 0.25) is 0 Å². The highest BCUT2D eigenvalue weighted by Gasteiger charge is 2.79. The van der Waals surface area contributed by atoms with Crippen LogP contribution in [0.5, 0.6) is 0 Å². The second-order valence-corrected chi connectivity index (χ2v) is 28.1. The molecule has 0 aliphatic rings. The summed E-state index contributed by atoms with van der Waals surface area (Å²) in [4.78, 5) is 0. The van der Waals surface area contributed by atoms with E-state index in [2.05, 4.69) is 0 Å². The monoisotopic (exact) mass is 1090 g/mol. The standard InChI is InChI=1S/C43H89F5N5O10S5/c1-7-12-17-22-27-32-37-64(54,55)49(44)42(53(6,48)68(62,63)41-36-31-26-21-16-11-5)43(50(45)65(56,57)38-33-28-23-18-13-8-2,51(46)66(58,59)39-34-29-24-19-14-9-3)52(47)67(60,61)40-35-30-25-20-15-10-4/h42H,7-41H2,1-6H3/q+1. The Balaban J connectivity index is 8.65. The van der Waals surface area contributed by atoms with Gasteiger partial charge in [-0.25, -0.2) is 33.7 Å². The normalized spacial score (nSPS) is 15.0. The summed E-state index contributed by atoms with van der Waals surface area (Å²) in [5.41, 5.74) is 0. The molecule has 0 aliphatic carbocycles. The van der Waals surface area contributed by atoms with Crippen LogP contribution < -0.4 is 0 Å². The zero-order valence-corrected chi connectivity index (χ0v) is 46.2. The molecule has 2 unspecified atom stereocenters. The Labute approximate surface area is 409 Å². The van der Waals surface area contributed by atoms with Crippen molar-refractivity contribution in [1.82, 2.24) is 18.1 Å². The topological polar surface area (TPSA) is 184 Å². The number of likely N-dealkylation sites (N-methyl/N-ethyl adjacent to an activating group) is 1. The van der Waals surface area contributed by atoms with Gasteiger partial charge >= 0.3 is 15.8 Å². The van der Waals surface area contributed by atoms with Crippen molar-refractivity contribution in [2.24, 2.45) is 0 Å². The van der Waals surface area contributed by atoms with Gasteiger partial charge in [0.15, 0.2) is 0 Å². The predicted octanol–water partition coefficient (Wildman–Crippen LogP) is 11.5. The number of nitrogens with zero attached hydrogens (tertiary/aromatic N) is 5. The number of sulfonamides is 5. The molecule has 0 amide bonds. The molecule has 15 nitrogen and oxygen atoms in total. The average molecular weight is 1090 g/mol. The molecular formula is C43H89F5N5O10S5+. The molecule has 410 valence electrons. The molecule has 0 aliphatic heterocycles. The Morgan fingerprint density at radius 2 is 0.559 bits per heavy atom. The Morgan fingerprint density at radius 3 is 0.809 bits per heavy atom. The first-order valence-electron chi connectivity index (χ1n) is 25.3. The Kier molecular flexibility index (Phi) is 33.4. The second kappa shape index (κ2) is 33.8. The van der Waals surface area contributed by atoms with Gasteiger partial charge < -0.3 is 0 Å². The fourth-order valence-corrected chi connectivity index (χ4v) is 15.0. The molecule has 0 heterocycles. The summed E-state index contributed by atoms with van der Waals surface area (Å²) in [7, 11) is -30.6. The summed E-state index contributed by atoms with van der Waals surface area (Å²) in [5.74, 6) is -12.8. The maximum absolute atomic E-state index is 18.1. The van der Waals surface area contributed by atoms with Gasteiger partial charge in [0.25, 0.3) is 6.17 Å². The van der Waals surface area contributed by atoms with Gasteiger partial charge in [-0.1, -0.05) is 195 Å². The first-order valence-corrected chi connectivity index (χ1v) is 33.4. The van der Waals surface area contributed by atoms with Crippen LogP contribution in [0.4, 0.5) is 22.4 Å². The highest BCUT2D eigenvalue weighted by atomic mass is 32.2. The minimum atomic E-state index is -6.17. The van der Waals surface area contributed by atoms with Crippen molar-refractivity contribution in [2.75, 3.05) is 35.8 Å².